The number of hydrogen-bond acceptors (Lipinski definition) is 4. The molecule has 1 aliphatic rings. The second-order valence-corrected chi connectivity index (χ2v) is 8.55. The highest BCUT2D eigenvalue weighted by Gasteiger charge is 2.25. The molecule has 1 fully saturated rings. The van der Waals surface area contributed by atoms with Crippen LogP contribution in [0.25, 0.3) is 22.5 Å². The van der Waals surface area contributed by atoms with Crippen LogP contribution in [0.15, 0.2) is 12.4 Å². The number of amides is 1. The van der Waals surface area contributed by atoms with Gasteiger partial charge in [-0.3, -0.25) is 18.8 Å². The van der Waals surface area contributed by atoms with E-state index in [1.807, 2.05) is 40.3 Å². The molecular weight excluding hydrogens is 402 g/mol. The largest absolute Gasteiger partial charge is 0.352 e. The van der Waals surface area contributed by atoms with Gasteiger partial charge in [0.05, 0.1) is 22.1 Å². The molecule has 160 valence electrons. The van der Waals surface area contributed by atoms with E-state index < -0.39 is 0 Å². The maximum Gasteiger partial charge on any atom is 0.241 e. The molecule has 0 spiro atoms. The fourth-order valence-corrected chi connectivity index (χ4v) is 4.64. The Morgan fingerprint density at radius 3 is 2.20 bits per heavy atom. The quantitative estimate of drug-likeness (QED) is 0.673. The number of carbonyl (C=O) groups excluding carboxylic acids is 1. The molecule has 1 N–H and O–H groups in total. The summed E-state index contributed by atoms with van der Waals surface area (Å²) in [5.74, 6) is -0.0432. The van der Waals surface area contributed by atoms with Crippen molar-refractivity contribution in [2.75, 3.05) is 0 Å². The van der Waals surface area contributed by atoms with Gasteiger partial charge < -0.3 is 5.32 Å². The average Bonchev–Trinajstić information content (AvgIpc) is 3.30. The van der Waals surface area contributed by atoms with Crippen LogP contribution in [0.2, 0.25) is 5.02 Å². The summed E-state index contributed by atoms with van der Waals surface area (Å²) < 4.78 is 5.19. The molecule has 1 amide bonds. The number of carbonyl (C=O) groups is 1. The predicted octanol–water partition coefficient (Wildman–Crippen LogP) is 3.40. The van der Waals surface area contributed by atoms with E-state index in [2.05, 4.69) is 15.5 Å². The van der Waals surface area contributed by atoms with Crippen molar-refractivity contribution in [2.45, 2.75) is 58.5 Å². The Balaban J connectivity index is 1.72. The van der Waals surface area contributed by atoms with Gasteiger partial charge in [-0.1, -0.05) is 30.9 Å². The van der Waals surface area contributed by atoms with E-state index in [-0.39, 0.29) is 18.5 Å². The number of aromatic nitrogens is 6. The van der Waals surface area contributed by atoms with Crippen molar-refractivity contribution in [1.29, 1.82) is 0 Å². The molecule has 8 nitrogen and oxygen atoms in total. The van der Waals surface area contributed by atoms with E-state index in [4.69, 9.17) is 16.7 Å². The third-order valence-corrected chi connectivity index (χ3v) is 6.05. The Kier molecular flexibility index (Phi) is 5.69. The zero-order chi connectivity index (χ0) is 21.4. The molecule has 9 heteroatoms. The third kappa shape index (κ3) is 4.01. The van der Waals surface area contributed by atoms with Crippen LogP contribution in [0.4, 0.5) is 0 Å². The Hall–Kier alpha value is -2.61. The Morgan fingerprint density at radius 2 is 1.63 bits per heavy atom. The number of nitrogens with zero attached hydrogens (tertiary/aromatic N) is 6. The Bertz CT molecular complexity index is 1070. The Labute approximate surface area is 181 Å². The van der Waals surface area contributed by atoms with Crippen LogP contribution in [0.1, 0.15) is 43.5 Å². The molecule has 1 saturated carbocycles. The van der Waals surface area contributed by atoms with Crippen LogP contribution >= 0.6 is 11.6 Å². The van der Waals surface area contributed by atoms with Gasteiger partial charge in [-0.2, -0.15) is 15.3 Å². The van der Waals surface area contributed by atoms with Crippen molar-refractivity contribution >= 4 is 17.5 Å². The standard InChI is InChI=1S/C21H28ClN7O/c1-13-16(10-27(3)24-13)20-19(22)21(17-11-28(4)25-14(17)2)29(26-20)12-18(30)23-15-8-6-5-7-9-15/h10-11,15H,5-9,12H2,1-4H3,(H,23,30). The fourth-order valence-electron chi connectivity index (χ4n) is 4.30. The van der Waals surface area contributed by atoms with Crippen molar-refractivity contribution in [2.24, 2.45) is 14.1 Å². The summed E-state index contributed by atoms with van der Waals surface area (Å²) in [6.45, 7) is 3.97. The summed E-state index contributed by atoms with van der Waals surface area (Å²) in [6, 6.07) is 0.251. The first-order valence-electron chi connectivity index (χ1n) is 10.4. The second kappa shape index (κ2) is 8.26. The average molecular weight is 430 g/mol. The summed E-state index contributed by atoms with van der Waals surface area (Å²) in [5, 5.41) is 17.3. The Morgan fingerprint density at radius 1 is 1.03 bits per heavy atom. The van der Waals surface area contributed by atoms with Crippen molar-refractivity contribution in [3.05, 3.63) is 28.8 Å². The van der Waals surface area contributed by atoms with Gasteiger partial charge >= 0.3 is 0 Å². The van der Waals surface area contributed by atoms with E-state index in [1.165, 1.54) is 19.3 Å². The van der Waals surface area contributed by atoms with E-state index >= 15 is 0 Å². The van der Waals surface area contributed by atoms with Crippen molar-refractivity contribution in [3.63, 3.8) is 0 Å². The monoisotopic (exact) mass is 429 g/mol. The lowest BCUT2D eigenvalue weighted by Gasteiger charge is -2.22. The number of aryl methyl sites for hydroxylation is 4. The molecule has 3 aromatic rings. The molecule has 0 unspecified atom stereocenters. The smallest absolute Gasteiger partial charge is 0.241 e. The van der Waals surface area contributed by atoms with Crippen LogP contribution in [-0.4, -0.2) is 41.3 Å². The van der Waals surface area contributed by atoms with E-state index in [0.29, 0.717) is 16.4 Å². The fraction of sp³-hybridized carbons (Fsp3) is 0.524. The topological polar surface area (TPSA) is 82.6 Å². The summed E-state index contributed by atoms with van der Waals surface area (Å²) in [5.41, 5.74) is 4.74. The minimum atomic E-state index is -0.0432. The second-order valence-electron chi connectivity index (χ2n) is 8.18. The van der Waals surface area contributed by atoms with Gasteiger partial charge in [-0.25, -0.2) is 0 Å². The molecular formula is C21H28ClN7O. The molecule has 3 heterocycles. The molecule has 0 saturated heterocycles. The summed E-state index contributed by atoms with van der Waals surface area (Å²) in [6.07, 6.45) is 9.48. The van der Waals surface area contributed by atoms with Gasteiger partial charge in [-0.05, 0) is 26.7 Å². The SMILES string of the molecule is Cc1nn(C)cc1-c1nn(CC(=O)NC2CCCCC2)c(-c2cn(C)nc2C)c1Cl. The van der Waals surface area contributed by atoms with Gasteiger partial charge in [0.2, 0.25) is 5.91 Å². The van der Waals surface area contributed by atoms with Crippen molar-refractivity contribution in [3.8, 4) is 22.5 Å². The molecule has 0 radical (unpaired) electrons. The first kappa shape index (κ1) is 20.7. The van der Waals surface area contributed by atoms with Gasteiger partial charge in [0.25, 0.3) is 0 Å². The van der Waals surface area contributed by atoms with Gasteiger partial charge in [-0.15, -0.1) is 0 Å². The lowest BCUT2D eigenvalue weighted by molar-refractivity contribution is -0.122. The highest BCUT2D eigenvalue weighted by atomic mass is 35.5. The first-order chi connectivity index (χ1) is 14.3. The lowest BCUT2D eigenvalue weighted by atomic mass is 9.95. The van der Waals surface area contributed by atoms with E-state index in [9.17, 15) is 4.79 Å². The number of nitrogens with one attached hydrogen (secondary N) is 1. The van der Waals surface area contributed by atoms with E-state index in [1.54, 1.807) is 14.0 Å². The lowest BCUT2D eigenvalue weighted by Crippen LogP contribution is -2.38. The number of halogens is 1. The summed E-state index contributed by atoms with van der Waals surface area (Å²) >= 11 is 6.85. The van der Waals surface area contributed by atoms with Crippen LogP contribution in [0.3, 0.4) is 0 Å². The summed E-state index contributed by atoms with van der Waals surface area (Å²) in [7, 11) is 3.73. The molecule has 0 aromatic carbocycles. The molecule has 4 rings (SSSR count). The number of hydrogen-bond donors (Lipinski definition) is 1. The minimum Gasteiger partial charge on any atom is -0.352 e. The highest BCUT2D eigenvalue weighted by Crippen LogP contribution is 2.38. The molecule has 30 heavy (non-hydrogen) atoms. The molecule has 3 aromatic heterocycles. The van der Waals surface area contributed by atoms with Gasteiger partial charge in [0.15, 0.2) is 0 Å². The molecule has 0 bridgehead atoms. The number of rotatable bonds is 5. The maximum atomic E-state index is 12.8. The van der Waals surface area contributed by atoms with Gasteiger partial charge in [0, 0.05) is 43.7 Å². The van der Waals surface area contributed by atoms with E-state index in [0.717, 1.165) is 35.4 Å². The van der Waals surface area contributed by atoms with Crippen molar-refractivity contribution < 1.29 is 4.79 Å². The highest BCUT2D eigenvalue weighted by molar-refractivity contribution is 6.35. The first-order valence-corrected chi connectivity index (χ1v) is 10.8. The zero-order valence-electron chi connectivity index (χ0n) is 17.9. The molecule has 0 aliphatic heterocycles. The normalized spacial score (nSPS) is 15.0. The molecule has 1 aliphatic carbocycles. The van der Waals surface area contributed by atoms with Crippen LogP contribution in [0.5, 0.6) is 0 Å². The van der Waals surface area contributed by atoms with Crippen LogP contribution in [-0.2, 0) is 25.4 Å². The minimum absolute atomic E-state index is 0.0432. The van der Waals surface area contributed by atoms with Crippen molar-refractivity contribution in [1.82, 2.24) is 34.7 Å². The third-order valence-electron chi connectivity index (χ3n) is 5.70. The van der Waals surface area contributed by atoms with Gasteiger partial charge in [0.1, 0.15) is 12.2 Å². The van der Waals surface area contributed by atoms with Crippen LogP contribution < -0.4 is 5.32 Å². The molecule has 0 atom stereocenters. The predicted molar refractivity (Wildman–Crippen MR) is 116 cm³/mol. The van der Waals surface area contributed by atoms with Crippen LogP contribution in [0, 0.1) is 13.8 Å². The zero-order valence-corrected chi connectivity index (χ0v) is 18.7. The maximum absolute atomic E-state index is 12.8. The summed E-state index contributed by atoms with van der Waals surface area (Å²) in [4.78, 5) is 12.8.